The van der Waals surface area contributed by atoms with Crippen molar-refractivity contribution in [3.8, 4) is 11.5 Å². The van der Waals surface area contributed by atoms with Crippen molar-refractivity contribution in [2.24, 2.45) is 0 Å². The van der Waals surface area contributed by atoms with Gasteiger partial charge in [0.2, 0.25) is 5.89 Å². The van der Waals surface area contributed by atoms with E-state index in [1.165, 1.54) is 5.56 Å². The van der Waals surface area contributed by atoms with Gasteiger partial charge in [0.15, 0.2) is 0 Å². The van der Waals surface area contributed by atoms with Gasteiger partial charge in [-0.25, -0.2) is 4.98 Å². The zero-order chi connectivity index (χ0) is 11.5. The standard InChI is InChI=1S/C12H13BrN2O/c1-8-4-3-5-10(11(8)13)12-15-9(6-14-2)7-16-12/h3-5,7,14H,6H2,1-2H3. The molecule has 0 amide bonds. The number of benzene rings is 1. The first-order chi connectivity index (χ1) is 7.72. The maximum atomic E-state index is 5.46. The lowest BCUT2D eigenvalue weighted by Crippen LogP contribution is -2.04. The predicted molar refractivity (Wildman–Crippen MR) is 67.1 cm³/mol. The van der Waals surface area contributed by atoms with E-state index in [4.69, 9.17) is 4.42 Å². The molecule has 0 saturated heterocycles. The molecule has 1 N–H and O–H groups in total. The molecule has 0 bridgehead atoms. The molecule has 1 heterocycles. The van der Waals surface area contributed by atoms with E-state index in [1.807, 2.05) is 32.2 Å². The molecule has 0 spiro atoms. The van der Waals surface area contributed by atoms with E-state index in [9.17, 15) is 0 Å². The molecule has 0 unspecified atom stereocenters. The second kappa shape index (κ2) is 4.80. The van der Waals surface area contributed by atoms with E-state index in [1.54, 1.807) is 6.26 Å². The smallest absolute Gasteiger partial charge is 0.227 e. The Bertz CT molecular complexity index is 494. The van der Waals surface area contributed by atoms with Gasteiger partial charge in [0.25, 0.3) is 0 Å². The summed E-state index contributed by atoms with van der Waals surface area (Å²) in [4.78, 5) is 4.41. The number of hydrogen-bond acceptors (Lipinski definition) is 3. The van der Waals surface area contributed by atoms with Gasteiger partial charge in [-0.3, -0.25) is 0 Å². The highest BCUT2D eigenvalue weighted by molar-refractivity contribution is 9.10. The highest BCUT2D eigenvalue weighted by Gasteiger charge is 2.10. The van der Waals surface area contributed by atoms with Gasteiger partial charge >= 0.3 is 0 Å². The number of halogens is 1. The summed E-state index contributed by atoms with van der Waals surface area (Å²) in [6, 6.07) is 6.04. The molecule has 84 valence electrons. The maximum absolute atomic E-state index is 5.46. The Morgan fingerprint density at radius 2 is 2.25 bits per heavy atom. The molecule has 4 heteroatoms. The third kappa shape index (κ3) is 2.18. The number of oxazole rings is 1. The fourth-order valence-electron chi connectivity index (χ4n) is 1.51. The topological polar surface area (TPSA) is 38.1 Å². The normalized spacial score (nSPS) is 10.7. The van der Waals surface area contributed by atoms with E-state index >= 15 is 0 Å². The Morgan fingerprint density at radius 1 is 1.44 bits per heavy atom. The van der Waals surface area contributed by atoms with Crippen LogP contribution in [0.2, 0.25) is 0 Å². The first kappa shape index (κ1) is 11.4. The maximum Gasteiger partial charge on any atom is 0.227 e. The molecule has 0 radical (unpaired) electrons. The molecule has 0 saturated carbocycles. The lowest BCUT2D eigenvalue weighted by molar-refractivity contribution is 0.571. The molecule has 0 aliphatic rings. The summed E-state index contributed by atoms with van der Waals surface area (Å²) in [5.41, 5.74) is 3.07. The minimum atomic E-state index is 0.654. The SMILES string of the molecule is CNCc1coc(-c2cccc(C)c2Br)n1. The van der Waals surface area contributed by atoms with Crippen LogP contribution in [-0.2, 0) is 6.54 Å². The largest absolute Gasteiger partial charge is 0.444 e. The van der Waals surface area contributed by atoms with Crippen LogP contribution in [0.15, 0.2) is 33.4 Å². The van der Waals surface area contributed by atoms with E-state index in [0.29, 0.717) is 12.4 Å². The summed E-state index contributed by atoms with van der Waals surface area (Å²) >= 11 is 3.55. The van der Waals surface area contributed by atoms with Crippen LogP contribution in [0.5, 0.6) is 0 Å². The summed E-state index contributed by atoms with van der Waals surface area (Å²) < 4.78 is 6.49. The molecule has 16 heavy (non-hydrogen) atoms. The predicted octanol–water partition coefficient (Wildman–Crippen LogP) is 3.13. The number of aryl methyl sites for hydroxylation is 1. The summed E-state index contributed by atoms with van der Waals surface area (Å²) in [6.45, 7) is 2.76. The number of hydrogen-bond donors (Lipinski definition) is 1. The van der Waals surface area contributed by atoms with Crippen molar-refractivity contribution in [3.05, 3.63) is 40.2 Å². The second-order valence-electron chi connectivity index (χ2n) is 3.61. The molecule has 2 rings (SSSR count). The number of nitrogens with zero attached hydrogens (tertiary/aromatic N) is 1. The molecule has 0 aliphatic heterocycles. The van der Waals surface area contributed by atoms with E-state index < -0.39 is 0 Å². The van der Waals surface area contributed by atoms with Crippen LogP contribution >= 0.6 is 15.9 Å². The second-order valence-corrected chi connectivity index (χ2v) is 4.40. The summed E-state index contributed by atoms with van der Waals surface area (Å²) in [7, 11) is 1.89. The quantitative estimate of drug-likeness (QED) is 0.939. The first-order valence-corrected chi connectivity index (χ1v) is 5.86. The highest BCUT2D eigenvalue weighted by atomic mass is 79.9. The molecule has 3 nitrogen and oxygen atoms in total. The van der Waals surface area contributed by atoms with Crippen molar-refractivity contribution in [2.45, 2.75) is 13.5 Å². The van der Waals surface area contributed by atoms with Crippen LogP contribution in [0.1, 0.15) is 11.3 Å². The van der Waals surface area contributed by atoms with E-state index in [-0.39, 0.29) is 0 Å². The van der Waals surface area contributed by atoms with Crippen molar-refractivity contribution >= 4 is 15.9 Å². The molecule has 0 aliphatic carbocycles. The number of nitrogens with one attached hydrogen (secondary N) is 1. The minimum Gasteiger partial charge on any atom is -0.444 e. The van der Waals surface area contributed by atoms with Crippen LogP contribution < -0.4 is 5.32 Å². The van der Waals surface area contributed by atoms with Crippen LogP contribution in [0.25, 0.3) is 11.5 Å². The molecule has 0 fully saturated rings. The van der Waals surface area contributed by atoms with Crippen molar-refractivity contribution in [1.82, 2.24) is 10.3 Å². The molecule has 0 atom stereocenters. The molecular weight excluding hydrogens is 268 g/mol. The van der Waals surface area contributed by atoms with Gasteiger partial charge < -0.3 is 9.73 Å². The van der Waals surface area contributed by atoms with E-state index in [2.05, 4.69) is 26.2 Å². The number of rotatable bonds is 3. The van der Waals surface area contributed by atoms with Crippen LogP contribution in [0.4, 0.5) is 0 Å². The van der Waals surface area contributed by atoms with Gasteiger partial charge in [0.1, 0.15) is 6.26 Å². The Kier molecular flexibility index (Phi) is 3.41. The summed E-state index contributed by atoms with van der Waals surface area (Å²) in [5.74, 6) is 0.654. The Hall–Kier alpha value is -1.13. The summed E-state index contributed by atoms with van der Waals surface area (Å²) in [6.07, 6.45) is 1.68. The van der Waals surface area contributed by atoms with Gasteiger partial charge in [-0.1, -0.05) is 12.1 Å². The van der Waals surface area contributed by atoms with Gasteiger partial charge in [0, 0.05) is 11.0 Å². The van der Waals surface area contributed by atoms with Gasteiger partial charge in [-0.05, 0) is 41.5 Å². The van der Waals surface area contributed by atoms with Crippen molar-refractivity contribution < 1.29 is 4.42 Å². The average Bonchev–Trinajstić information content (AvgIpc) is 2.71. The monoisotopic (exact) mass is 280 g/mol. The lowest BCUT2D eigenvalue weighted by atomic mass is 10.1. The van der Waals surface area contributed by atoms with Crippen LogP contribution in [-0.4, -0.2) is 12.0 Å². The Balaban J connectivity index is 2.39. The molecule has 1 aromatic carbocycles. The highest BCUT2D eigenvalue weighted by Crippen LogP contribution is 2.29. The van der Waals surface area contributed by atoms with Gasteiger partial charge in [-0.15, -0.1) is 0 Å². The zero-order valence-corrected chi connectivity index (χ0v) is 10.8. The molecular formula is C12H13BrN2O. The molecule has 1 aromatic heterocycles. The van der Waals surface area contributed by atoms with Gasteiger partial charge in [-0.2, -0.15) is 0 Å². The zero-order valence-electron chi connectivity index (χ0n) is 9.25. The lowest BCUT2D eigenvalue weighted by Gasteiger charge is -2.02. The fourth-order valence-corrected chi connectivity index (χ4v) is 1.94. The number of aromatic nitrogens is 1. The third-order valence-corrected chi connectivity index (χ3v) is 3.38. The average molecular weight is 281 g/mol. The van der Waals surface area contributed by atoms with Crippen molar-refractivity contribution in [1.29, 1.82) is 0 Å². The van der Waals surface area contributed by atoms with Crippen LogP contribution in [0, 0.1) is 6.92 Å². The van der Waals surface area contributed by atoms with Crippen LogP contribution in [0.3, 0.4) is 0 Å². The third-order valence-electron chi connectivity index (χ3n) is 2.33. The van der Waals surface area contributed by atoms with Crippen molar-refractivity contribution in [3.63, 3.8) is 0 Å². The van der Waals surface area contributed by atoms with E-state index in [0.717, 1.165) is 15.7 Å². The molecule has 2 aromatic rings. The summed E-state index contributed by atoms with van der Waals surface area (Å²) in [5, 5.41) is 3.04. The van der Waals surface area contributed by atoms with Gasteiger partial charge in [0.05, 0.1) is 11.3 Å². The minimum absolute atomic E-state index is 0.654. The Morgan fingerprint density at radius 3 is 3.00 bits per heavy atom. The van der Waals surface area contributed by atoms with Crippen molar-refractivity contribution in [2.75, 3.05) is 7.05 Å². The Labute approximate surface area is 103 Å². The fraction of sp³-hybridized carbons (Fsp3) is 0.250. The first-order valence-electron chi connectivity index (χ1n) is 5.07.